The van der Waals surface area contributed by atoms with Crippen LogP contribution in [0.15, 0.2) is 30.3 Å². The molecule has 0 radical (unpaired) electrons. The third kappa shape index (κ3) is 1.38. The Morgan fingerprint density at radius 1 is 1.29 bits per heavy atom. The molecular weight excluding hydrogens is 192 g/mol. The van der Waals surface area contributed by atoms with Gasteiger partial charge in [0, 0.05) is 15.6 Å². The van der Waals surface area contributed by atoms with Crippen LogP contribution in [0.1, 0.15) is 22.2 Å². The van der Waals surface area contributed by atoms with Crippen molar-refractivity contribution in [2.45, 2.75) is 6.92 Å². The molecule has 0 aliphatic heterocycles. The van der Waals surface area contributed by atoms with Crippen LogP contribution in [0.4, 0.5) is 0 Å². The molecule has 1 nitrogen and oxygen atoms in total. The summed E-state index contributed by atoms with van der Waals surface area (Å²) in [7, 11) is 0. The summed E-state index contributed by atoms with van der Waals surface area (Å²) in [5.41, 5.74) is 1.04. The van der Waals surface area contributed by atoms with E-state index in [1.807, 2.05) is 43.3 Å². The summed E-state index contributed by atoms with van der Waals surface area (Å²) in [6.45, 7) is 1.96. The smallest absolute Gasteiger partial charge is 0.160 e. The van der Waals surface area contributed by atoms with E-state index in [2.05, 4.69) is 0 Å². The van der Waals surface area contributed by atoms with Gasteiger partial charge in [-0.05, 0) is 13.0 Å². The Morgan fingerprint density at radius 2 is 2.07 bits per heavy atom. The van der Waals surface area contributed by atoms with Gasteiger partial charge in [-0.1, -0.05) is 30.4 Å². The topological polar surface area (TPSA) is 17.1 Å². The maximum absolute atomic E-state index is 10.8. The monoisotopic (exact) mass is 202 g/mol. The van der Waals surface area contributed by atoms with Gasteiger partial charge in [0.25, 0.3) is 0 Å². The van der Waals surface area contributed by atoms with E-state index in [-0.39, 0.29) is 0 Å². The van der Waals surface area contributed by atoms with Gasteiger partial charge < -0.3 is 0 Å². The lowest BCUT2D eigenvalue weighted by atomic mass is 10.1. The van der Waals surface area contributed by atoms with Gasteiger partial charge in [0.2, 0.25) is 0 Å². The van der Waals surface area contributed by atoms with Gasteiger partial charge in [0.15, 0.2) is 6.29 Å². The first-order chi connectivity index (χ1) is 6.86. The van der Waals surface area contributed by atoms with Gasteiger partial charge in [-0.15, -0.1) is 11.3 Å². The molecule has 1 heterocycles. The maximum atomic E-state index is 10.8. The van der Waals surface area contributed by atoms with Gasteiger partial charge in [-0.3, -0.25) is 4.79 Å². The third-order valence-corrected chi connectivity index (χ3v) is 3.21. The van der Waals surface area contributed by atoms with E-state index in [0.29, 0.717) is 0 Å². The molecule has 0 N–H and O–H groups in total. The fourth-order valence-electron chi connectivity index (χ4n) is 1.51. The summed E-state index contributed by atoms with van der Waals surface area (Å²) in [5, 5.41) is 1.16. The lowest BCUT2D eigenvalue weighted by Gasteiger charge is -1.91. The highest BCUT2D eigenvalue weighted by Crippen LogP contribution is 2.30. The summed E-state index contributed by atoms with van der Waals surface area (Å²) in [6.07, 6.45) is 4.88. The molecule has 1 aromatic heterocycles. The SMILES string of the molecule is CC=Cc1c(C=O)sc2ccccc12. The van der Waals surface area contributed by atoms with E-state index in [9.17, 15) is 4.79 Å². The lowest BCUT2D eigenvalue weighted by Crippen LogP contribution is -1.76. The van der Waals surface area contributed by atoms with Crippen molar-refractivity contribution in [3.63, 3.8) is 0 Å². The summed E-state index contributed by atoms with van der Waals surface area (Å²) in [6, 6.07) is 8.08. The second-order valence-corrected chi connectivity index (χ2v) is 4.08. The first kappa shape index (κ1) is 9.16. The van der Waals surface area contributed by atoms with Crippen LogP contribution in [0.5, 0.6) is 0 Å². The van der Waals surface area contributed by atoms with E-state index < -0.39 is 0 Å². The first-order valence-corrected chi connectivity index (χ1v) is 5.28. The largest absolute Gasteiger partial charge is 0.297 e. The van der Waals surface area contributed by atoms with E-state index in [0.717, 1.165) is 22.1 Å². The fourth-order valence-corrected chi connectivity index (χ4v) is 2.52. The van der Waals surface area contributed by atoms with E-state index in [1.165, 1.54) is 4.70 Å². The molecule has 0 amide bonds. The molecule has 0 aliphatic rings. The van der Waals surface area contributed by atoms with Crippen molar-refractivity contribution in [1.29, 1.82) is 0 Å². The molecule has 0 atom stereocenters. The fraction of sp³-hybridized carbons (Fsp3) is 0.0833. The zero-order valence-corrected chi connectivity index (χ0v) is 8.67. The Balaban J connectivity index is 2.80. The molecule has 0 bridgehead atoms. The molecular formula is C12H10OS. The number of aldehydes is 1. The minimum atomic E-state index is 0.810. The molecule has 1 aromatic carbocycles. The number of carbonyl (C=O) groups is 1. The number of benzene rings is 1. The zero-order valence-electron chi connectivity index (χ0n) is 7.86. The quantitative estimate of drug-likeness (QED) is 0.678. The molecule has 2 aromatic rings. The van der Waals surface area contributed by atoms with Crippen molar-refractivity contribution in [1.82, 2.24) is 0 Å². The van der Waals surface area contributed by atoms with E-state index >= 15 is 0 Å². The van der Waals surface area contributed by atoms with Gasteiger partial charge in [0.05, 0.1) is 4.88 Å². The number of allylic oxidation sites excluding steroid dienone is 1. The Morgan fingerprint density at radius 3 is 2.79 bits per heavy atom. The average Bonchev–Trinajstić information content (AvgIpc) is 2.58. The van der Waals surface area contributed by atoms with Crippen LogP contribution in [-0.4, -0.2) is 6.29 Å². The standard InChI is InChI=1S/C12H10OS/c1-2-5-9-10-6-3-4-7-11(10)14-12(9)8-13/h2-8H,1H3. The summed E-state index contributed by atoms with van der Waals surface area (Å²) in [5.74, 6) is 0. The predicted octanol–water partition coefficient (Wildman–Crippen LogP) is 3.75. The van der Waals surface area contributed by atoms with E-state index in [1.54, 1.807) is 11.3 Å². The molecule has 0 saturated carbocycles. The number of rotatable bonds is 2. The molecule has 14 heavy (non-hydrogen) atoms. The highest BCUT2D eigenvalue weighted by Gasteiger charge is 2.07. The van der Waals surface area contributed by atoms with Crippen LogP contribution in [0, 0.1) is 0 Å². The molecule has 2 rings (SSSR count). The van der Waals surface area contributed by atoms with Gasteiger partial charge >= 0.3 is 0 Å². The third-order valence-electron chi connectivity index (χ3n) is 2.10. The van der Waals surface area contributed by atoms with Crippen LogP contribution < -0.4 is 0 Å². The minimum absolute atomic E-state index is 0.810. The second kappa shape index (κ2) is 3.76. The van der Waals surface area contributed by atoms with Crippen molar-refractivity contribution in [2.24, 2.45) is 0 Å². The molecule has 0 saturated heterocycles. The summed E-state index contributed by atoms with van der Waals surface area (Å²) < 4.78 is 1.17. The highest BCUT2D eigenvalue weighted by molar-refractivity contribution is 7.20. The predicted molar refractivity (Wildman–Crippen MR) is 61.9 cm³/mol. The van der Waals surface area contributed by atoms with Crippen LogP contribution in [0.2, 0.25) is 0 Å². The normalized spacial score (nSPS) is 11.2. The molecule has 2 heteroatoms. The number of carbonyl (C=O) groups excluding carboxylic acids is 1. The maximum Gasteiger partial charge on any atom is 0.160 e. The summed E-state index contributed by atoms with van der Waals surface area (Å²) >= 11 is 1.54. The number of hydrogen-bond acceptors (Lipinski definition) is 2. The van der Waals surface area contributed by atoms with Crippen molar-refractivity contribution >= 4 is 33.8 Å². The molecule has 0 unspecified atom stereocenters. The van der Waals surface area contributed by atoms with Crippen LogP contribution >= 0.6 is 11.3 Å². The highest BCUT2D eigenvalue weighted by atomic mass is 32.1. The molecule has 70 valence electrons. The zero-order chi connectivity index (χ0) is 9.97. The second-order valence-electron chi connectivity index (χ2n) is 2.99. The van der Waals surface area contributed by atoms with Crippen molar-refractivity contribution in [3.8, 4) is 0 Å². The Hall–Kier alpha value is -1.41. The Kier molecular flexibility index (Phi) is 2.46. The van der Waals surface area contributed by atoms with Gasteiger partial charge in [0.1, 0.15) is 0 Å². The lowest BCUT2D eigenvalue weighted by molar-refractivity contribution is 0.112. The van der Waals surface area contributed by atoms with Gasteiger partial charge in [-0.2, -0.15) is 0 Å². The minimum Gasteiger partial charge on any atom is -0.297 e. The average molecular weight is 202 g/mol. The Bertz CT molecular complexity index is 494. The van der Waals surface area contributed by atoms with Crippen molar-refractivity contribution in [3.05, 3.63) is 40.8 Å². The van der Waals surface area contributed by atoms with Crippen molar-refractivity contribution in [2.75, 3.05) is 0 Å². The van der Waals surface area contributed by atoms with Gasteiger partial charge in [-0.25, -0.2) is 0 Å². The van der Waals surface area contributed by atoms with Crippen LogP contribution in [0.3, 0.4) is 0 Å². The molecule has 0 fully saturated rings. The molecule has 0 spiro atoms. The van der Waals surface area contributed by atoms with Crippen molar-refractivity contribution < 1.29 is 4.79 Å². The van der Waals surface area contributed by atoms with Crippen LogP contribution in [-0.2, 0) is 0 Å². The number of thiophene rings is 1. The molecule has 0 aliphatic carbocycles. The Labute approximate surface area is 86.7 Å². The summed E-state index contributed by atoms with van der Waals surface area (Å²) in [4.78, 5) is 11.7. The van der Waals surface area contributed by atoms with E-state index in [4.69, 9.17) is 0 Å². The van der Waals surface area contributed by atoms with Crippen LogP contribution in [0.25, 0.3) is 16.2 Å². The number of fused-ring (bicyclic) bond motifs is 1. The first-order valence-electron chi connectivity index (χ1n) is 4.46. The number of hydrogen-bond donors (Lipinski definition) is 0.